The van der Waals surface area contributed by atoms with Gasteiger partial charge in [0, 0.05) is 25.6 Å². The molecule has 2 atom stereocenters. The number of likely N-dealkylation sites (N-methyl/N-ethyl adjacent to an activating group) is 1. The van der Waals surface area contributed by atoms with Crippen molar-refractivity contribution in [1.29, 1.82) is 0 Å². The Morgan fingerprint density at radius 2 is 1.80 bits per heavy atom. The largest absolute Gasteiger partial charge is 0.342 e. The molecular formula is C16H27ClN2O. The molecule has 2 unspecified atom stereocenters. The normalized spacial score (nSPS) is 13.2. The highest BCUT2D eigenvalue weighted by Gasteiger charge is 2.21. The number of nitrogens with zero attached hydrogens (tertiary/aromatic N) is 1. The maximum Gasteiger partial charge on any atom is 0.226 e. The summed E-state index contributed by atoms with van der Waals surface area (Å²) in [5.41, 5.74) is 2.54. The molecular weight excluding hydrogens is 272 g/mol. The molecule has 0 heterocycles. The van der Waals surface area contributed by atoms with Crippen LogP contribution >= 0.6 is 12.4 Å². The van der Waals surface area contributed by atoms with Crippen LogP contribution in [0.4, 0.5) is 0 Å². The zero-order valence-electron chi connectivity index (χ0n) is 13.1. The van der Waals surface area contributed by atoms with E-state index in [4.69, 9.17) is 0 Å². The summed E-state index contributed by atoms with van der Waals surface area (Å²) >= 11 is 0. The molecule has 0 saturated carbocycles. The van der Waals surface area contributed by atoms with Gasteiger partial charge in [0.05, 0.1) is 0 Å². The van der Waals surface area contributed by atoms with E-state index < -0.39 is 0 Å². The van der Waals surface area contributed by atoms with Crippen LogP contribution in [0.15, 0.2) is 24.3 Å². The van der Waals surface area contributed by atoms with Crippen molar-refractivity contribution in [3.05, 3.63) is 35.4 Å². The molecule has 20 heavy (non-hydrogen) atoms. The molecule has 114 valence electrons. The summed E-state index contributed by atoms with van der Waals surface area (Å²) in [6.07, 6.45) is 0.898. The van der Waals surface area contributed by atoms with Gasteiger partial charge >= 0.3 is 0 Å². The van der Waals surface area contributed by atoms with Gasteiger partial charge in [0.2, 0.25) is 5.91 Å². The van der Waals surface area contributed by atoms with Crippen molar-refractivity contribution in [2.24, 2.45) is 5.92 Å². The number of rotatable bonds is 6. The Balaban J connectivity index is 0.00000361. The second kappa shape index (κ2) is 8.98. The Kier molecular flexibility index (Phi) is 8.51. The Morgan fingerprint density at radius 1 is 1.25 bits per heavy atom. The molecule has 0 bridgehead atoms. The van der Waals surface area contributed by atoms with Gasteiger partial charge in [-0.3, -0.25) is 4.79 Å². The topological polar surface area (TPSA) is 32.3 Å². The average Bonchev–Trinajstić information content (AvgIpc) is 2.39. The number of carbonyl (C=O) groups excluding carboxylic acids is 1. The molecule has 0 radical (unpaired) electrons. The number of carbonyl (C=O) groups is 1. The van der Waals surface area contributed by atoms with Crippen LogP contribution in [-0.4, -0.2) is 37.5 Å². The third-order valence-electron chi connectivity index (χ3n) is 3.59. The SMILES string of the molecule is CNCC(C)C(=O)N(C)C(C)Cc1ccc(C)cc1.Cl. The summed E-state index contributed by atoms with van der Waals surface area (Å²) in [4.78, 5) is 14.1. The zero-order valence-corrected chi connectivity index (χ0v) is 14.0. The van der Waals surface area contributed by atoms with E-state index in [1.165, 1.54) is 11.1 Å². The lowest BCUT2D eigenvalue weighted by atomic mass is 10.0. The lowest BCUT2D eigenvalue weighted by molar-refractivity contribution is -0.135. The van der Waals surface area contributed by atoms with Gasteiger partial charge in [0.1, 0.15) is 0 Å². The molecule has 1 aromatic carbocycles. The third-order valence-corrected chi connectivity index (χ3v) is 3.59. The van der Waals surface area contributed by atoms with Crippen LogP contribution in [-0.2, 0) is 11.2 Å². The van der Waals surface area contributed by atoms with Gasteiger partial charge in [-0.05, 0) is 32.9 Å². The molecule has 0 saturated heterocycles. The molecule has 4 heteroatoms. The number of hydrogen-bond donors (Lipinski definition) is 1. The predicted octanol–water partition coefficient (Wildman–Crippen LogP) is 2.66. The Bertz CT molecular complexity index is 405. The van der Waals surface area contributed by atoms with Gasteiger partial charge < -0.3 is 10.2 Å². The van der Waals surface area contributed by atoms with Gasteiger partial charge in [0.25, 0.3) is 0 Å². The van der Waals surface area contributed by atoms with E-state index in [1.807, 2.05) is 25.9 Å². The number of aryl methyl sites for hydroxylation is 1. The lowest BCUT2D eigenvalue weighted by Gasteiger charge is -2.28. The highest BCUT2D eigenvalue weighted by Crippen LogP contribution is 2.11. The molecule has 1 aromatic rings. The Hall–Kier alpha value is -1.06. The second-order valence-electron chi connectivity index (χ2n) is 5.45. The number of halogens is 1. The van der Waals surface area contributed by atoms with Crippen LogP contribution in [0.1, 0.15) is 25.0 Å². The molecule has 0 spiro atoms. The molecule has 1 amide bonds. The van der Waals surface area contributed by atoms with E-state index in [-0.39, 0.29) is 30.3 Å². The van der Waals surface area contributed by atoms with E-state index in [9.17, 15) is 4.79 Å². The van der Waals surface area contributed by atoms with E-state index in [0.29, 0.717) is 0 Å². The van der Waals surface area contributed by atoms with Crippen LogP contribution in [0.2, 0.25) is 0 Å². The van der Waals surface area contributed by atoms with Crippen molar-refractivity contribution >= 4 is 18.3 Å². The van der Waals surface area contributed by atoms with Gasteiger partial charge in [-0.1, -0.05) is 36.8 Å². The van der Waals surface area contributed by atoms with Crippen molar-refractivity contribution in [3.63, 3.8) is 0 Å². The summed E-state index contributed by atoms with van der Waals surface area (Å²) in [7, 11) is 3.77. The molecule has 1 rings (SSSR count). The molecule has 0 aliphatic rings. The third kappa shape index (κ3) is 5.51. The first-order valence-electron chi connectivity index (χ1n) is 6.92. The summed E-state index contributed by atoms with van der Waals surface area (Å²) in [5, 5.41) is 3.05. The predicted molar refractivity (Wildman–Crippen MR) is 87.5 cm³/mol. The first-order chi connectivity index (χ1) is 8.95. The molecule has 0 aromatic heterocycles. The number of nitrogens with one attached hydrogen (secondary N) is 1. The Labute approximate surface area is 129 Å². The number of benzene rings is 1. The molecule has 0 aliphatic heterocycles. The second-order valence-corrected chi connectivity index (χ2v) is 5.45. The first kappa shape index (κ1) is 18.9. The average molecular weight is 299 g/mol. The van der Waals surface area contributed by atoms with Crippen molar-refractivity contribution in [2.75, 3.05) is 20.6 Å². The van der Waals surface area contributed by atoms with Gasteiger partial charge in [-0.15, -0.1) is 12.4 Å². The monoisotopic (exact) mass is 298 g/mol. The van der Waals surface area contributed by atoms with E-state index in [2.05, 4.69) is 43.4 Å². The minimum atomic E-state index is 0. The van der Waals surface area contributed by atoms with Crippen LogP contribution in [0.3, 0.4) is 0 Å². The fourth-order valence-corrected chi connectivity index (χ4v) is 2.16. The molecule has 3 nitrogen and oxygen atoms in total. The van der Waals surface area contributed by atoms with Crippen molar-refractivity contribution < 1.29 is 4.79 Å². The van der Waals surface area contributed by atoms with Crippen molar-refractivity contribution in [3.8, 4) is 0 Å². The smallest absolute Gasteiger partial charge is 0.226 e. The van der Waals surface area contributed by atoms with Crippen LogP contribution in [0.25, 0.3) is 0 Å². The number of hydrogen-bond acceptors (Lipinski definition) is 2. The standard InChI is InChI=1S/C16H26N2O.ClH/c1-12-6-8-15(9-7-12)10-14(3)18(5)16(19)13(2)11-17-4;/h6-9,13-14,17H,10-11H2,1-5H3;1H. The quantitative estimate of drug-likeness (QED) is 0.876. The van der Waals surface area contributed by atoms with E-state index in [0.717, 1.165) is 13.0 Å². The first-order valence-corrected chi connectivity index (χ1v) is 6.92. The fraction of sp³-hybridized carbons (Fsp3) is 0.562. The van der Waals surface area contributed by atoms with Gasteiger partial charge in [0.15, 0.2) is 0 Å². The van der Waals surface area contributed by atoms with E-state index in [1.54, 1.807) is 0 Å². The Morgan fingerprint density at radius 3 is 2.30 bits per heavy atom. The highest BCUT2D eigenvalue weighted by molar-refractivity contribution is 5.85. The van der Waals surface area contributed by atoms with Gasteiger partial charge in [-0.2, -0.15) is 0 Å². The summed E-state index contributed by atoms with van der Waals surface area (Å²) in [5.74, 6) is 0.226. The van der Waals surface area contributed by atoms with Crippen molar-refractivity contribution in [1.82, 2.24) is 10.2 Å². The molecule has 0 fully saturated rings. The van der Waals surface area contributed by atoms with E-state index >= 15 is 0 Å². The zero-order chi connectivity index (χ0) is 14.4. The summed E-state index contributed by atoms with van der Waals surface area (Å²) < 4.78 is 0. The van der Waals surface area contributed by atoms with Crippen LogP contribution in [0, 0.1) is 12.8 Å². The number of amides is 1. The lowest BCUT2D eigenvalue weighted by Crippen LogP contribution is -2.41. The maximum atomic E-state index is 12.2. The minimum Gasteiger partial charge on any atom is -0.342 e. The van der Waals surface area contributed by atoms with Crippen LogP contribution in [0.5, 0.6) is 0 Å². The molecule has 1 N–H and O–H groups in total. The summed E-state index contributed by atoms with van der Waals surface area (Å²) in [6.45, 7) is 6.88. The highest BCUT2D eigenvalue weighted by atomic mass is 35.5. The summed E-state index contributed by atoms with van der Waals surface area (Å²) in [6, 6.07) is 8.73. The molecule has 0 aliphatic carbocycles. The van der Waals surface area contributed by atoms with Gasteiger partial charge in [-0.25, -0.2) is 0 Å². The minimum absolute atomic E-state index is 0. The van der Waals surface area contributed by atoms with Crippen LogP contribution < -0.4 is 5.32 Å². The van der Waals surface area contributed by atoms with Crippen molar-refractivity contribution in [2.45, 2.75) is 33.2 Å². The maximum absolute atomic E-state index is 12.2. The fourth-order valence-electron chi connectivity index (χ4n) is 2.16.